The van der Waals surface area contributed by atoms with Crippen molar-refractivity contribution in [2.24, 2.45) is 5.41 Å². The van der Waals surface area contributed by atoms with Gasteiger partial charge in [0.15, 0.2) is 11.5 Å². The fraction of sp³-hybridized carbons (Fsp3) is 0.381. The molecule has 1 heterocycles. The van der Waals surface area contributed by atoms with Gasteiger partial charge in [-0.05, 0) is 42.3 Å². The van der Waals surface area contributed by atoms with E-state index in [0.717, 1.165) is 11.3 Å². The summed E-state index contributed by atoms with van der Waals surface area (Å²) in [5, 5.41) is 0. The summed E-state index contributed by atoms with van der Waals surface area (Å²) in [7, 11) is -0.868. The first kappa shape index (κ1) is 21.0. The van der Waals surface area contributed by atoms with Gasteiger partial charge in [0.05, 0.1) is 19.1 Å². The average Bonchev–Trinajstić information content (AvgIpc) is 3.08. The molecule has 0 saturated carbocycles. The van der Waals surface area contributed by atoms with Crippen molar-refractivity contribution in [3.8, 4) is 11.5 Å². The van der Waals surface area contributed by atoms with Crippen molar-refractivity contribution in [1.82, 2.24) is 0 Å². The van der Waals surface area contributed by atoms with Gasteiger partial charge in [-0.15, -0.1) is 0 Å². The Labute approximate surface area is 171 Å². The van der Waals surface area contributed by atoms with E-state index in [9.17, 15) is 13.2 Å². The molecule has 0 radical (unpaired) electrons. The highest BCUT2D eigenvalue weighted by Gasteiger charge is 2.32. The van der Waals surface area contributed by atoms with Crippen LogP contribution in [0.1, 0.15) is 26.3 Å². The average molecular weight is 419 g/mol. The van der Waals surface area contributed by atoms with Crippen molar-refractivity contribution < 1.29 is 22.7 Å². The summed E-state index contributed by atoms with van der Waals surface area (Å²) in [5.74, 6) is 0.836. The molecule has 0 saturated heterocycles. The van der Waals surface area contributed by atoms with Crippen molar-refractivity contribution in [1.29, 1.82) is 0 Å². The number of benzene rings is 2. The lowest BCUT2D eigenvalue weighted by Gasteiger charge is -2.26. The van der Waals surface area contributed by atoms with Crippen LogP contribution in [-0.2, 0) is 21.2 Å². The number of carbonyl (C=O) groups excluding carboxylic acids is 1. The minimum atomic E-state index is -3.81. The van der Waals surface area contributed by atoms with Gasteiger partial charge in [-0.25, -0.2) is 8.42 Å². The highest BCUT2D eigenvalue weighted by atomic mass is 32.2. The second kappa shape index (κ2) is 7.59. The van der Waals surface area contributed by atoms with E-state index in [1.807, 2.05) is 20.8 Å². The number of rotatable bonds is 5. The van der Waals surface area contributed by atoms with Gasteiger partial charge < -0.3 is 14.4 Å². The molecular formula is C21H26N2O5S. The van der Waals surface area contributed by atoms with E-state index in [0.29, 0.717) is 30.2 Å². The molecular weight excluding hydrogens is 392 g/mol. The van der Waals surface area contributed by atoms with Crippen LogP contribution in [0.4, 0.5) is 11.4 Å². The number of fused-ring (bicyclic) bond motifs is 1. The molecule has 7 nitrogen and oxygen atoms in total. The van der Waals surface area contributed by atoms with Crippen molar-refractivity contribution in [3.63, 3.8) is 0 Å². The van der Waals surface area contributed by atoms with Crippen molar-refractivity contribution in [2.45, 2.75) is 32.1 Å². The topological polar surface area (TPSA) is 84.9 Å². The van der Waals surface area contributed by atoms with Crippen LogP contribution in [0.3, 0.4) is 0 Å². The first-order chi connectivity index (χ1) is 13.6. The Hall–Kier alpha value is -2.74. The maximum Gasteiger partial charge on any atom is 0.262 e. The van der Waals surface area contributed by atoms with Crippen LogP contribution in [0.15, 0.2) is 41.3 Å². The number of hydrogen-bond donors (Lipinski definition) is 1. The summed E-state index contributed by atoms with van der Waals surface area (Å²) in [4.78, 5) is 14.5. The van der Waals surface area contributed by atoms with Gasteiger partial charge in [-0.3, -0.25) is 9.52 Å². The molecule has 1 N–H and O–H groups in total. The number of ether oxygens (including phenoxy) is 2. The molecule has 156 valence electrons. The number of methoxy groups -OCH3 is 2. The number of hydrogen-bond acceptors (Lipinski definition) is 5. The van der Waals surface area contributed by atoms with Gasteiger partial charge in [-0.1, -0.05) is 20.8 Å². The largest absolute Gasteiger partial charge is 0.493 e. The van der Waals surface area contributed by atoms with Crippen LogP contribution < -0.4 is 19.1 Å². The number of nitrogens with one attached hydrogen (secondary N) is 1. The van der Waals surface area contributed by atoms with Gasteiger partial charge in [0, 0.05) is 29.4 Å². The normalized spacial score (nSPS) is 13.8. The van der Waals surface area contributed by atoms with Crippen molar-refractivity contribution >= 4 is 27.3 Å². The number of nitrogens with zero attached hydrogens (tertiary/aromatic N) is 1. The third kappa shape index (κ3) is 4.17. The van der Waals surface area contributed by atoms with Crippen LogP contribution in [-0.4, -0.2) is 35.1 Å². The van der Waals surface area contributed by atoms with Crippen LogP contribution in [0.5, 0.6) is 11.5 Å². The van der Waals surface area contributed by atoms with E-state index in [1.165, 1.54) is 26.4 Å². The predicted octanol–water partition coefficient (Wildman–Crippen LogP) is 3.44. The Morgan fingerprint density at radius 1 is 1.03 bits per heavy atom. The summed E-state index contributed by atoms with van der Waals surface area (Å²) < 4.78 is 38.5. The molecule has 3 rings (SSSR count). The van der Waals surface area contributed by atoms with E-state index in [4.69, 9.17) is 9.47 Å². The molecule has 1 aliphatic rings. The first-order valence-electron chi connectivity index (χ1n) is 9.26. The Balaban J connectivity index is 1.86. The highest BCUT2D eigenvalue weighted by Crippen LogP contribution is 2.35. The summed E-state index contributed by atoms with van der Waals surface area (Å²) >= 11 is 0. The van der Waals surface area contributed by atoms with Gasteiger partial charge in [0.25, 0.3) is 10.0 Å². The van der Waals surface area contributed by atoms with E-state index < -0.39 is 15.4 Å². The van der Waals surface area contributed by atoms with E-state index in [1.54, 1.807) is 29.2 Å². The number of carbonyl (C=O) groups is 1. The molecule has 2 aromatic carbocycles. The van der Waals surface area contributed by atoms with E-state index in [2.05, 4.69) is 4.72 Å². The molecule has 0 atom stereocenters. The Kier molecular flexibility index (Phi) is 5.49. The van der Waals surface area contributed by atoms with Gasteiger partial charge >= 0.3 is 0 Å². The number of sulfonamides is 1. The molecule has 29 heavy (non-hydrogen) atoms. The Morgan fingerprint density at radius 2 is 1.72 bits per heavy atom. The third-order valence-electron chi connectivity index (χ3n) is 4.78. The van der Waals surface area contributed by atoms with Crippen LogP contribution in [0, 0.1) is 5.41 Å². The molecule has 8 heteroatoms. The van der Waals surface area contributed by atoms with E-state index in [-0.39, 0.29) is 10.8 Å². The molecule has 1 aliphatic heterocycles. The zero-order chi connectivity index (χ0) is 21.4. The minimum absolute atomic E-state index is 0.0508. The number of amides is 1. The zero-order valence-corrected chi connectivity index (χ0v) is 18.1. The molecule has 0 spiro atoms. The lowest BCUT2D eigenvalue weighted by molar-refractivity contribution is -0.125. The zero-order valence-electron chi connectivity index (χ0n) is 17.3. The lowest BCUT2D eigenvalue weighted by atomic mass is 9.94. The molecule has 0 aromatic heterocycles. The molecule has 0 unspecified atom stereocenters. The molecule has 1 amide bonds. The van der Waals surface area contributed by atoms with Gasteiger partial charge in [0.1, 0.15) is 0 Å². The standard InChI is InChI=1S/C21H26N2O5S/c1-21(2,3)20(24)23-11-10-14-12-15(6-8-17(14)23)22-29(25,26)16-7-9-18(27-4)19(13-16)28-5/h6-9,12-13,22H,10-11H2,1-5H3. The lowest BCUT2D eigenvalue weighted by Crippen LogP contribution is -2.38. The summed E-state index contributed by atoms with van der Waals surface area (Å²) in [6.07, 6.45) is 0.684. The van der Waals surface area contributed by atoms with Crippen molar-refractivity contribution in [3.05, 3.63) is 42.0 Å². The predicted molar refractivity (Wildman–Crippen MR) is 112 cm³/mol. The SMILES string of the molecule is COc1ccc(S(=O)(=O)Nc2ccc3c(c2)CCN3C(=O)C(C)(C)C)cc1OC. The summed E-state index contributed by atoms with van der Waals surface area (Å²) in [6.45, 7) is 6.26. The van der Waals surface area contributed by atoms with Crippen LogP contribution >= 0.6 is 0 Å². The fourth-order valence-electron chi connectivity index (χ4n) is 3.28. The summed E-state index contributed by atoms with van der Waals surface area (Å²) in [6, 6.07) is 9.67. The van der Waals surface area contributed by atoms with E-state index >= 15 is 0 Å². The van der Waals surface area contributed by atoms with Crippen molar-refractivity contribution in [2.75, 3.05) is 30.4 Å². The number of anilines is 2. The maximum absolute atomic E-state index is 12.8. The Morgan fingerprint density at radius 3 is 2.34 bits per heavy atom. The molecule has 2 aromatic rings. The molecule has 0 fully saturated rings. The van der Waals surface area contributed by atoms with Crippen LogP contribution in [0.25, 0.3) is 0 Å². The monoisotopic (exact) mass is 418 g/mol. The van der Waals surface area contributed by atoms with Gasteiger partial charge in [0.2, 0.25) is 5.91 Å². The van der Waals surface area contributed by atoms with Crippen LogP contribution in [0.2, 0.25) is 0 Å². The Bertz CT molecular complexity index is 1040. The quantitative estimate of drug-likeness (QED) is 0.804. The first-order valence-corrected chi connectivity index (χ1v) is 10.7. The smallest absolute Gasteiger partial charge is 0.262 e. The molecule has 0 bridgehead atoms. The minimum Gasteiger partial charge on any atom is -0.493 e. The second-order valence-corrected chi connectivity index (χ2v) is 9.60. The van der Waals surface area contributed by atoms with Gasteiger partial charge in [-0.2, -0.15) is 0 Å². The highest BCUT2D eigenvalue weighted by molar-refractivity contribution is 7.92. The summed E-state index contributed by atoms with van der Waals surface area (Å²) in [5.41, 5.74) is 1.74. The maximum atomic E-state index is 12.8. The second-order valence-electron chi connectivity index (χ2n) is 7.92. The fourth-order valence-corrected chi connectivity index (χ4v) is 4.34. The molecule has 0 aliphatic carbocycles. The third-order valence-corrected chi connectivity index (χ3v) is 6.16.